The minimum atomic E-state index is 0.0153. The van der Waals surface area contributed by atoms with E-state index in [1.165, 1.54) is 38.8 Å². The Labute approximate surface area is 270 Å². The first-order valence-electron chi connectivity index (χ1n) is 17.9. The number of piperidine rings is 2. The van der Waals surface area contributed by atoms with Gasteiger partial charge in [0.1, 0.15) is 0 Å². The maximum absolute atomic E-state index is 12.4. The molecule has 2 aliphatic heterocycles. The fourth-order valence-corrected chi connectivity index (χ4v) is 6.08. The number of rotatable bonds is 25. The van der Waals surface area contributed by atoms with E-state index in [4.69, 9.17) is 14.2 Å². The molecule has 4 N–H and O–H groups in total. The molecule has 2 saturated heterocycles. The summed E-state index contributed by atoms with van der Waals surface area (Å²) < 4.78 is 17.3. The lowest BCUT2D eigenvalue weighted by atomic mass is 9.97. The van der Waals surface area contributed by atoms with Gasteiger partial charge < -0.3 is 45.3 Å². The molecule has 0 spiro atoms. The van der Waals surface area contributed by atoms with Crippen molar-refractivity contribution in [2.24, 2.45) is 11.8 Å². The molecule has 0 aromatic carbocycles. The molecule has 0 aromatic rings. The molecule has 0 aliphatic carbocycles. The van der Waals surface area contributed by atoms with E-state index in [-0.39, 0.29) is 11.8 Å². The van der Waals surface area contributed by atoms with Gasteiger partial charge in [0.15, 0.2) is 0 Å². The van der Waals surface area contributed by atoms with Crippen molar-refractivity contribution in [2.75, 3.05) is 98.5 Å². The van der Waals surface area contributed by atoms with Gasteiger partial charge in [-0.1, -0.05) is 41.5 Å². The van der Waals surface area contributed by atoms with Gasteiger partial charge in [-0.3, -0.25) is 4.79 Å². The number of carbonyl (C=O) groups excluding carboxylic acids is 1. The van der Waals surface area contributed by atoms with Crippen LogP contribution in [-0.4, -0.2) is 138 Å². The summed E-state index contributed by atoms with van der Waals surface area (Å²) in [6.45, 7) is 26.2. The summed E-state index contributed by atoms with van der Waals surface area (Å²) in [5.74, 6) is 0.663. The van der Waals surface area contributed by atoms with Crippen LogP contribution in [0.4, 0.5) is 0 Å². The lowest BCUT2D eigenvalue weighted by molar-refractivity contribution is -0.125. The Morgan fingerprint density at radius 1 is 0.659 bits per heavy atom. The molecule has 0 bridgehead atoms. The topological polar surface area (TPSA) is 99.4 Å². The molecule has 2 fully saturated rings. The summed E-state index contributed by atoms with van der Waals surface area (Å²) in [4.78, 5) is 17.5. The monoisotopic (exact) mass is 627 g/mol. The van der Waals surface area contributed by atoms with Gasteiger partial charge in [0.2, 0.25) is 5.91 Å². The Morgan fingerprint density at radius 3 is 1.66 bits per heavy atom. The van der Waals surface area contributed by atoms with Crippen LogP contribution >= 0.6 is 0 Å². The molecule has 0 saturated carbocycles. The highest BCUT2D eigenvalue weighted by Gasteiger charge is 2.20. The fraction of sp³-hybridized carbons (Fsp3) is 0.971. The van der Waals surface area contributed by atoms with Crippen molar-refractivity contribution in [2.45, 2.75) is 104 Å². The summed E-state index contributed by atoms with van der Waals surface area (Å²) >= 11 is 0. The molecule has 2 atom stereocenters. The van der Waals surface area contributed by atoms with Gasteiger partial charge in [0.05, 0.1) is 39.6 Å². The van der Waals surface area contributed by atoms with Crippen molar-refractivity contribution in [3.63, 3.8) is 0 Å². The van der Waals surface area contributed by atoms with Gasteiger partial charge >= 0.3 is 0 Å². The van der Waals surface area contributed by atoms with E-state index < -0.39 is 0 Å². The third-order valence-corrected chi connectivity index (χ3v) is 8.79. The summed E-state index contributed by atoms with van der Waals surface area (Å²) in [5.41, 5.74) is 0. The van der Waals surface area contributed by atoms with E-state index in [0.717, 1.165) is 71.9 Å². The van der Waals surface area contributed by atoms with Crippen LogP contribution in [0.15, 0.2) is 0 Å². The lowest BCUT2D eigenvalue weighted by Gasteiger charge is -2.33. The normalized spacial score (nSPS) is 19.2. The maximum atomic E-state index is 12.4. The number of hydrogen-bond acceptors (Lipinski definition) is 9. The summed E-state index contributed by atoms with van der Waals surface area (Å²) in [6, 6.07) is 2.46. The molecule has 0 aromatic heterocycles. The second-order valence-corrected chi connectivity index (χ2v) is 13.8. The van der Waals surface area contributed by atoms with Crippen molar-refractivity contribution in [1.29, 1.82) is 0 Å². The zero-order valence-electron chi connectivity index (χ0n) is 29.3. The average Bonchev–Trinajstić information content (AvgIpc) is 2.99. The molecule has 260 valence electrons. The summed E-state index contributed by atoms with van der Waals surface area (Å²) in [6.07, 6.45) is 6.84. The second-order valence-electron chi connectivity index (χ2n) is 13.8. The van der Waals surface area contributed by atoms with Gasteiger partial charge in [-0.05, 0) is 77.2 Å². The molecule has 1 amide bonds. The number of ether oxygens (including phenoxy) is 3. The van der Waals surface area contributed by atoms with Crippen molar-refractivity contribution in [3.05, 3.63) is 0 Å². The Balaban J connectivity index is 1.32. The SMILES string of the molecule is CC(CCC(C)C(=O)NCCOCCOCCN1CCC(NC(C)C)CC1)CNCCOCCN1CCC(NC(C)C)CC1. The van der Waals surface area contributed by atoms with Gasteiger partial charge in [-0.15, -0.1) is 0 Å². The quantitative estimate of drug-likeness (QED) is 0.114. The Morgan fingerprint density at radius 2 is 1.14 bits per heavy atom. The average molecular weight is 627 g/mol. The highest BCUT2D eigenvalue weighted by Crippen LogP contribution is 2.13. The zero-order chi connectivity index (χ0) is 32.0. The molecule has 2 aliphatic rings. The molecule has 44 heavy (non-hydrogen) atoms. The van der Waals surface area contributed by atoms with Crippen LogP contribution < -0.4 is 21.3 Å². The van der Waals surface area contributed by atoms with Crippen LogP contribution in [0.3, 0.4) is 0 Å². The molecule has 2 rings (SSSR count). The first kappa shape index (κ1) is 39.3. The molecule has 10 nitrogen and oxygen atoms in total. The van der Waals surface area contributed by atoms with E-state index in [2.05, 4.69) is 65.7 Å². The molecular weight excluding hydrogens is 556 g/mol. The minimum absolute atomic E-state index is 0.0153. The minimum Gasteiger partial charge on any atom is -0.379 e. The number of hydrogen-bond donors (Lipinski definition) is 4. The zero-order valence-corrected chi connectivity index (χ0v) is 29.3. The number of likely N-dealkylation sites (tertiary alicyclic amines) is 2. The first-order chi connectivity index (χ1) is 21.2. The van der Waals surface area contributed by atoms with Gasteiger partial charge in [-0.2, -0.15) is 0 Å². The second kappa shape index (κ2) is 24.3. The van der Waals surface area contributed by atoms with Crippen LogP contribution in [0.1, 0.15) is 80.1 Å². The molecule has 0 radical (unpaired) electrons. The molecule has 2 unspecified atom stereocenters. The fourth-order valence-electron chi connectivity index (χ4n) is 6.08. The first-order valence-corrected chi connectivity index (χ1v) is 17.9. The van der Waals surface area contributed by atoms with Crippen LogP contribution in [0.5, 0.6) is 0 Å². The highest BCUT2D eigenvalue weighted by molar-refractivity contribution is 5.78. The predicted molar refractivity (Wildman–Crippen MR) is 181 cm³/mol. The number of amides is 1. The molecule has 10 heteroatoms. The van der Waals surface area contributed by atoms with E-state index in [9.17, 15) is 4.79 Å². The summed E-state index contributed by atoms with van der Waals surface area (Å²) in [5, 5.41) is 13.8. The smallest absolute Gasteiger partial charge is 0.222 e. The Kier molecular flexibility index (Phi) is 21.8. The van der Waals surface area contributed by atoms with Crippen LogP contribution in [0, 0.1) is 11.8 Å². The van der Waals surface area contributed by atoms with E-state index in [1.807, 2.05) is 6.92 Å². The van der Waals surface area contributed by atoms with Crippen LogP contribution in [0.2, 0.25) is 0 Å². The Bertz CT molecular complexity index is 699. The third-order valence-electron chi connectivity index (χ3n) is 8.79. The van der Waals surface area contributed by atoms with Crippen molar-refractivity contribution < 1.29 is 19.0 Å². The number of carbonyl (C=O) groups is 1. The van der Waals surface area contributed by atoms with E-state index in [0.29, 0.717) is 56.5 Å². The number of nitrogens with zero attached hydrogens (tertiary/aromatic N) is 2. The van der Waals surface area contributed by atoms with Crippen molar-refractivity contribution in [1.82, 2.24) is 31.1 Å². The van der Waals surface area contributed by atoms with E-state index in [1.54, 1.807) is 0 Å². The molecular formula is C34H70N6O4. The van der Waals surface area contributed by atoms with Crippen molar-refractivity contribution in [3.8, 4) is 0 Å². The van der Waals surface area contributed by atoms with E-state index >= 15 is 0 Å². The standard InChI is InChI=1S/C34H70N6O4/c1-28(2)37-32-9-15-39(16-10-32)19-23-42-21-13-35-27-30(5)7-8-31(6)34(41)36-14-22-43-25-26-44-24-20-40-17-11-33(12-18-40)38-29(3)4/h28-33,35,37-38H,7-27H2,1-6H3,(H,36,41). The highest BCUT2D eigenvalue weighted by atomic mass is 16.5. The van der Waals surface area contributed by atoms with Crippen molar-refractivity contribution >= 4 is 5.91 Å². The van der Waals surface area contributed by atoms with Gasteiger partial charge in [0.25, 0.3) is 0 Å². The van der Waals surface area contributed by atoms with Crippen LogP contribution in [-0.2, 0) is 19.0 Å². The Hall–Kier alpha value is -0.850. The van der Waals surface area contributed by atoms with Gasteiger partial charge in [-0.25, -0.2) is 0 Å². The lowest BCUT2D eigenvalue weighted by Crippen LogP contribution is -2.45. The third kappa shape index (κ3) is 19.6. The number of nitrogens with one attached hydrogen (secondary N) is 4. The maximum Gasteiger partial charge on any atom is 0.222 e. The summed E-state index contributed by atoms with van der Waals surface area (Å²) in [7, 11) is 0. The predicted octanol–water partition coefficient (Wildman–Crippen LogP) is 2.72. The largest absolute Gasteiger partial charge is 0.379 e. The van der Waals surface area contributed by atoms with Crippen LogP contribution in [0.25, 0.3) is 0 Å². The molecule has 2 heterocycles. The van der Waals surface area contributed by atoms with Gasteiger partial charge in [0, 0.05) is 56.3 Å².